The van der Waals surface area contributed by atoms with Gasteiger partial charge in [-0.05, 0) is 87.0 Å². The summed E-state index contributed by atoms with van der Waals surface area (Å²) in [5.74, 6) is 2.25. The van der Waals surface area contributed by atoms with Crippen LogP contribution >= 0.6 is 12.2 Å². The van der Waals surface area contributed by atoms with Crippen LogP contribution in [-0.4, -0.2) is 24.9 Å². The normalized spacial score (nSPS) is 16.9. The maximum Gasteiger partial charge on any atom is 0.236 e. The van der Waals surface area contributed by atoms with Gasteiger partial charge in [0.1, 0.15) is 28.4 Å². The molecule has 2 heterocycles. The Morgan fingerprint density at radius 2 is 1.86 bits per heavy atom. The Labute approximate surface area is 210 Å². The number of hydrogen-bond acceptors (Lipinski definition) is 6. The highest BCUT2D eigenvalue weighted by atomic mass is 32.1. The van der Waals surface area contributed by atoms with Crippen LogP contribution in [0.15, 0.2) is 45.9 Å². The lowest BCUT2D eigenvalue weighted by atomic mass is 9.79. The van der Waals surface area contributed by atoms with E-state index in [1.165, 1.54) is 24.8 Å². The minimum atomic E-state index is -0.00210. The fourth-order valence-corrected chi connectivity index (χ4v) is 5.26. The van der Waals surface area contributed by atoms with Gasteiger partial charge >= 0.3 is 0 Å². The van der Waals surface area contributed by atoms with E-state index in [4.69, 9.17) is 30.8 Å². The second kappa shape index (κ2) is 9.77. The van der Waals surface area contributed by atoms with Crippen molar-refractivity contribution in [2.45, 2.75) is 57.5 Å². The molecule has 3 aromatic rings. The van der Waals surface area contributed by atoms with E-state index in [2.05, 4.69) is 28.8 Å². The number of benzene rings is 2. The number of methoxy groups -OCH3 is 2. The van der Waals surface area contributed by atoms with Crippen LogP contribution in [0, 0.1) is 6.92 Å². The first-order valence-corrected chi connectivity index (χ1v) is 12.5. The summed E-state index contributed by atoms with van der Waals surface area (Å²) in [6, 6.07) is 11.6. The molecule has 1 aliphatic carbocycles. The average molecular weight is 494 g/mol. The van der Waals surface area contributed by atoms with Crippen molar-refractivity contribution in [1.82, 2.24) is 5.43 Å². The number of nitrogens with one attached hydrogen (secondary N) is 2. The molecule has 0 unspecified atom stereocenters. The van der Waals surface area contributed by atoms with Crippen molar-refractivity contribution >= 4 is 34.0 Å². The smallest absolute Gasteiger partial charge is 0.236 e. The van der Waals surface area contributed by atoms with Gasteiger partial charge in [-0.25, -0.2) is 5.43 Å². The van der Waals surface area contributed by atoms with Crippen molar-refractivity contribution in [2.75, 3.05) is 19.5 Å². The Kier molecular flexibility index (Phi) is 6.56. The van der Waals surface area contributed by atoms with E-state index in [-0.39, 0.29) is 5.60 Å². The summed E-state index contributed by atoms with van der Waals surface area (Å²) < 4.78 is 23.4. The van der Waals surface area contributed by atoms with Crippen LogP contribution < -0.4 is 30.5 Å². The molecule has 1 spiro atoms. The van der Waals surface area contributed by atoms with E-state index in [0.29, 0.717) is 27.9 Å². The van der Waals surface area contributed by atoms with Gasteiger partial charge in [-0.3, -0.25) is 0 Å². The predicted octanol–water partition coefficient (Wildman–Crippen LogP) is 5.59. The van der Waals surface area contributed by atoms with E-state index in [0.717, 1.165) is 48.0 Å². The molecule has 5 rings (SSSR count). The lowest BCUT2D eigenvalue weighted by Gasteiger charge is -2.41. The van der Waals surface area contributed by atoms with E-state index in [9.17, 15) is 0 Å². The average Bonchev–Trinajstić information content (AvgIpc) is 2.87. The molecule has 2 aromatic carbocycles. The molecule has 7 nitrogen and oxygen atoms in total. The molecule has 35 heavy (non-hydrogen) atoms. The van der Waals surface area contributed by atoms with Crippen LogP contribution in [-0.2, 0) is 6.42 Å². The van der Waals surface area contributed by atoms with Gasteiger partial charge in [-0.2, -0.15) is 0 Å². The Balaban J connectivity index is 1.37. The van der Waals surface area contributed by atoms with Gasteiger partial charge in [0, 0.05) is 23.6 Å². The SMILES string of the molecule is COc1ccc(NC(=S)N/N=c2\cc(C)c3cc4c(cc3o2)OC2(CCCCC2)CC4)c(OC)c1. The second-order valence-corrected chi connectivity index (χ2v) is 9.72. The van der Waals surface area contributed by atoms with Crippen LogP contribution in [0.25, 0.3) is 11.0 Å². The highest BCUT2D eigenvalue weighted by Crippen LogP contribution is 2.43. The summed E-state index contributed by atoms with van der Waals surface area (Å²) in [6.07, 6.45) is 8.24. The van der Waals surface area contributed by atoms with E-state index < -0.39 is 0 Å². The zero-order valence-corrected chi connectivity index (χ0v) is 21.2. The van der Waals surface area contributed by atoms with Crippen molar-refractivity contribution in [2.24, 2.45) is 5.10 Å². The summed E-state index contributed by atoms with van der Waals surface area (Å²) >= 11 is 5.42. The third-order valence-corrected chi connectivity index (χ3v) is 7.20. The van der Waals surface area contributed by atoms with Crippen LogP contribution in [0.2, 0.25) is 0 Å². The summed E-state index contributed by atoms with van der Waals surface area (Å²) in [6.45, 7) is 2.06. The van der Waals surface area contributed by atoms with Crippen molar-refractivity contribution in [3.05, 3.63) is 53.1 Å². The van der Waals surface area contributed by atoms with E-state index in [1.54, 1.807) is 20.3 Å². The molecule has 1 fully saturated rings. The molecule has 1 saturated carbocycles. The Hall–Kier alpha value is -3.26. The minimum Gasteiger partial charge on any atom is -0.497 e. The molecule has 0 radical (unpaired) electrons. The summed E-state index contributed by atoms with van der Waals surface area (Å²) in [5, 5.41) is 8.86. The summed E-state index contributed by atoms with van der Waals surface area (Å²) in [5.41, 5.74) is 7.10. The number of thiocarbonyl (C=S) groups is 1. The number of hydrogen-bond donors (Lipinski definition) is 2. The van der Waals surface area contributed by atoms with Crippen molar-refractivity contribution < 1.29 is 18.6 Å². The molecule has 1 aromatic heterocycles. The topological polar surface area (TPSA) is 77.2 Å². The number of rotatable bonds is 4. The number of ether oxygens (including phenoxy) is 3. The van der Waals surface area contributed by atoms with Crippen molar-refractivity contribution in [1.29, 1.82) is 0 Å². The molecule has 184 valence electrons. The monoisotopic (exact) mass is 493 g/mol. The third kappa shape index (κ3) is 4.93. The number of aryl methyl sites for hydroxylation is 2. The molecule has 0 atom stereocenters. The molecule has 2 aliphatic rings. The highest BCUT2D eigenvalue weighted by Gasteiger charge is 2.37. The Morgan fingerprint density at radius 3 is 2.63 bits per heavy atom. The summed E-state index contributed by atoms with van der Waals surface area (Å²) in [4.78, 5) is 0. The van der Waals surface area contributed by atoms with Gasteiger partial charge in [-0.15, -0.1) is 5.10 Å². The van der Waals surface area contributed by atoms with E-state index in [1.807, 2.05) is 24.3 Å². The van der Waals surface area contributed by atoms with Crippen LogP contribution in [0.1, 0.15) is 49.7 Å². The van der Waals surface area contributed by atoms with Gasteiger partial charge in [0.05, 0.1) is 19.9 Å². The van der Waals surface area contributed by atoms with E-state index >= 15 is 0 Å². The molecule has 2 N–H and O–H groups in total. The second-order valence-electron chi connectivity index (χ2n) is 9.31. The largest absolute Gasteiger partial charge is 0.497 e. The molecule has 0 bridgehead atoms. The van der Waals surface area contributed by atoms with Crippen molar-refractivity contribution in [3.63, 3.8) is 0 Å². The van der Waals surface area contributed by atoms with Gasteiger partial charge < -0.3 is 23.9 Å². The molecular formula is C27H31N3O4S. The van der Waals surface area contributed by atoms with Crippen molar-refractivity contribution in [3.8, 4) is 17.2 Å². The summed E-state index contributed by atoms with van der Waals surface area (Å²) in [7, 11) is 3.20. The first-order valence-electron chi connectivity index (χ1n) is 12.1. The Bertz CT molecular complexity index is 1330. The molecule has 0 amide bonds. The number of nitrogens with zero attached hydrogens (tertiary/aromatic N) is 1. The van der Waals surface area contributed by atoms with Gasteiger partial charge in [-0.1, -0.05) is 6.42 Å². The fourth-order valence-electron chi connectivity index (χ4n) is 5.10. The lowest BCUT2D eigenvalue weighted by molar-refractivity contribution is 0.0109. The first kappa shape index (κ1) is 23.5. The maximum atomic E-state index is 6.59. The molecule has 0 saturated heterocycles. The zero-order chi connectivity index (χ0) is 24.4. The molecule has 8 heteroatoms. The van der Waals surface area contributed by atoms with Crippen LogP contribution in [0.3, 0.4) is 0 Å². The molecule has 1 aliphatic heterocycles. The highest BCUT2D eigenvalue weighted by molar-refractivity contribution is 7.80. The zero-order valence-electron chi connectivity index (χ0n) is 20.4. The van der Waals surface area contributed by atoms with Gasteiger partial charge in [0.15, 0.2) is 5.11 Å². The van der Waals surface area contributed by atoms with Crippen LogP contribution in [0.4, 0.5) is 5.69 Å². The molecular weight excluding hydrogens is 462 g/mol. The third-order valence-electron chi connectivity index (χ3n) is 7.01. The fraction of sp³-hybridized carbons (Fsp3) is 0.407. The maximum absolute atomic E-state index is 6.59. The first-order chi connectivity index (χ1) is 17.0. The van der Waals surface area contributed by atoms with Crippen LogP contribution in [0.5, 0.6) is 17.2 Å². The number of fused-ring (bicyclic) bond motifs is 2. The van der Waals surface area contributed by atoms with Gasteiger partial charge in [0.2, 0.25) is 5.55 Å². The minimum absolute atomic E-state index is 0.00210. The Morgan fingerprint density at radius 1 is 1.03 bits per heavy atom. The number of anilines is 1. The quantitative estimate of drug-likeness (QED) is 0.362. The lowest BCUT2D eigenvalue weighted by Crippen LogP contribution is -2.41. The predicted molar refractivity (Wildman–Crippen MR) is 140 cm³/mol. The standard InChI is InChI=1S/C27H31N3O4S/c1-17-13-25(29-30-26(35)28-21-8-7-19(31-2)15-24(21)32-3)33-23-16-22-18(14-20(17)23)9-12-27(34-22)10-5-4-6-11-27/h7-8,13-16H,4-6,9-12H2,1-3H3,(H2,28,30,35)/b29-25+. The van der Waals surface area contributed by atoms with Gasteiger partial charge in [0.25, 0.3) is 0 Å².